The molecule has 2 aromatic rings. The van der Waals surface area contributed by atoms with Gasteiger partial charge in [0, 0.05) is 16.9 Å². The molecule has 1 aliphatic heterocycles. The molecule has 0 atom stereocenters. The van der Waals surface area contributed by atoms with Gasteiger partial charge in [0.2, 0.25) is 0 Å². The Kier molecular flexibility index (Phi) is 5.75. The van der Waals surface area contributed by atoms with E-state index >= 15 is 0 Å². The molecule has 3 rings (SSSR count). The number of alkyl halides is 2. The molecule has 7 heteroatoms. The van der Waals surface area contributed by atoms with Gasteiger partial charge in [-0.05, 0) is 42.5 Å². The highest BCUT2D eigenvalue weighted by Crippen LogP contribution is 2.34. The molecule has 0 fully saturated rings. The lowest BCUT2D eigenvalue weighted by Crippen LogP contribution is -2.04. The lowest BCUT2D eigenvalue weighted by molar-refractivity contribution is -0.0498. The van der Waals surface area contributed by atoms with Gasteiger partial charge >= 0.3 is 6.61 Å². The SMILES string of the molecule is O=C(CSc1ccc2c(c1)OCCCO2)c1ccc(OC(F)F)cc1. The number of ketones is 1. The Morgan fingerprint density at radius 3 is 2.52 bits per heavy atom. The number of Topliss-reactive ketones (excluding diaryl/α,β-unsaturated/α-hetero) is 1. The molecule has 0 aliphatic carbocycles. The zero-order chi connectivity index (χ0) is 17.6. The fourth-order valence-corrected chi connectivity index (χ4v) is 3.11. The van der Waals surface area contributed by atoms with Crippen molar-refractivity contribution in [2.45, 2.75) is 17.9 Å². The Balaban J connectivity index is 1.59. The highest BCUT2D eigenvalue weighted by Gasteiger charge is 2.13. The summed E-state index contributed by atoms with van der Waals surface area (Å²) in [7, 11) is 0. The van der Waals surface area contributed by atoms with E-state index in [1.54, 1.807) is 0 Å². The van der Waals surface area contributed by atoms with Gasteiger partial charge in [-0.3, -0.25) is 4.79 Å². The monoisotopic (exact) mass is 366 g/mol. The lowest BCUT2D eigenvalue weighted by atomic mass is 10.1. The van der Waals surface area contributed by atoms with Crippen LogP contribution in [0, 0.1) is 0 Å². The van der Waals surface area contributed by atoms with Crippen molar-refractivity contribution in [1.82, 2.24) is 0 Å². The first-order valence-corrected chi connectivity index (χ1v) is 8.71. The molecule has 0 amide bonds. The number of carbonyl (C=O) groups excluding carboxylic acids is 1. The second-order valence-corrected chi connectivity index (χ2v) is 6.32. The number of hydrogen-bond acceptors (Lipinski definition) is 5. The van der Waals surface area contributed by atoms with Gasteiger partial charge in [0.1, 0.15) is 5.75 Å². The standard InChI is InChI=1S/C18H16F2O4S/c19-18(20)24-13-4-2-12(3-5-13)15(21)11-25-14-6-7-16-17(10-14)23-9-1-8-22-16/h2-7,10,18H,1,8-9,11H2. The lowest BCUT2D eigenvalue weighted by Gasteiger charge is -2.09. The van der Waals surface area contributed by atoms with Crippen molar-refractivity contribution in [3.05, 3.63) is 48.0 Å². The van der Waals surface area contributed by atoms with Crippen LogP contribution < -0.4 is 14.2 Å². The number of thioether (sulfide) groups is 1. The van der Waals surface area contributed by atoms with Gasteiger partial charge in [-0.25, -0.2) is 0 Å². The Labute approximate surface area is 148 Å². The average Bonchev–Trinajstić information content (AvgIpc) is 2.84. The quantitative estimate of drug-likeness (QED) is 0.559. The van der Waals surface area contributed by atoms with Crippen LogP contribution in [-0.2, 0) is 0 Å². The number of hydrogen-bond donors (Lipinski definition) is 0. The molecule has 132 valence electrons. The van der Waals surface area contributed by atoms with Crippen molar-refractivity contribution in [1.29, 1.82) is 0 Å². The minimum atomic E-state index is -2.88. The minimum Gasteiger partial charge on any atom is -0.490 e. The smallest absolute Gasteiger partial charge is 0.387 e. The topological polar surface area (TPSA) is 44.8 Å². The number of halogens is 2. The molecule has 25 heavy (non-hydrogen) atoms. The summed E-state index contributed by atoms with van der Waals surface area (Å²) in [5.74, 6) is 1.56. The number of ether oxygens (including phenoxy) is 3. The molecule has 1 aliphatic rings. The van der Waals surface area contributed by atoms with Gasteiger partial charge in [0.15, 0.2) is 17.3 Å². The normalized spacial score (nSPS) is 13.4. The first-order valence-electron chi connectivity index (χ1n) is 7.72. The maximum Gasteiger partial charge on any atom is 0.387 e. The molecule has 0 aromatic heterocycles. The van der Waals surface area contributed by atoms with Crippen molar-refractivity contribution >= 4 is 17.5 Å². The number of carbonyl (C=O) groups is 1. The van der Waals surface area contributed by atoms with Gasteiger partial charge in [0.25, 0.3) is 0 Å². The highest BCUT2D eigenvalue weighted by atomic mass is 32.2. The second kappa shape index (κ2) is 8.20. The molecule has 0 spiro atoms. The number of benzene rings is 2. The van der Waals surface area contributed by atoms with E-state index in [1.807, 2.05) is 18.2 Å². The van der Waals surface area contributed by atoms with E-state index in [0.717, 1.165) is 11.3 Å². The van der Waals surface area contributed by atoms with E-state index in [1.165, 1.54) is 36.0 Å². The number of fused-ring (bicyclic) bond motifs is 1. The van der Waals surface area contributed by atoms with Crippen molar-refractivity contribution < 1.29 is 27.8 Å². The molecule has 0 saturated heterocycles. The molecule has 1 heterocycles. The first-order chi connectivity index (χ1) is 12.1. The molecule has 0 radical (unpaired) electrons. The largest absolute Gasteiger partial charge is 0.490 e. The molecule has 2 aromatic carbocycles. The van der Waals surface area contributed by atoms with Crippen LogP contribution >= 0.6 is 11.8 Å². The van der Waals surface area contributed by atoms with Crippen LogP contribution in [-0.4, -0.2) is 31.4 Å². The summed E-state index contributed by atoms with van der Waals surface area (Å²) in [6.07, 6.45) is 0.834. The summed E-state index contributed by atoms with van der Waals surface area (Å²) in [6.45, 7) is -1.65. The summed E-state index contributed by atoms with van der Waals surface area (Å²) in [5, 5.41) is 0. The third-order valence-corrected chi connectivity index (χ3v) is 4.48. The van der Waals surface area contributed by atoms with Crippen LogP contribution in [0.15, 0.2) is 47.4 Å². The molecular formula is C18H16F2O4S. The fraction of sp³-hybridized carbons (Fsp3) is 0.278. The minimum absolute atomic E-state index is 0.0297. The van der Waals surface area contributed by atoms with E-state index in [4.69, 9.17) is 9.47 Å². The second-order valence-electron chi connectivity index (χ2n) is 5.27. The van der Waals surface area contributed by atoms with E-state index in [2.05, 4.69) is 4.74 Å². The zero-order valence-corrected chi connectivity index (χ0v) is 14.1. The molecular weight excluding hydrogens is 350 g/mol. The zero-order valence-electron chi connectivity index (χ0n) is 13.2. The number of rotatable bonds is 6. The molecule has 0 bridgehead atoms. The van der Waals surface area contributed by atoms with E-state index in [0.29, 0.717) is 30.3 Å². The summed E-state index contributed by atoms with van der Waals surface area (Å²) in [4.78, 5) is 13.1. The van der Waals surface area contributed by atoms with Crippen LogP contribution in [0.4, 0.5) is 8.78 Å². The molecule has 0 N–H and O–H groups in total. The Morgan fingerprint density at radius 1 is 1.08 bits per heavy atom. The van der Waals surface area contributed by atoms with Crippen LogP contribution in [0.25, 0.3) is 0 Å². The summed E-state index contributed by atoms with van der Waals surface area (Å²) in [5.41, 5.74) is 0.448. The van der Waals surface area contributed by atoms with Gasteiger partial charge in [-0.1, -0.05) is 0 Å². The van der Waals surface area contributed by atoms with Gasteiger partial charge in [0.05, 0.1) is 19.0 Å². The van der Waals surface area contributed by atoms with Crippen molar-refractivity contribution in [2.75, 3.05) is 19.0 Å². The third-order valence-electron chi connectivity index (χ3n) is 3.49. The van der Waals surface area contributed by atoms with E-state index in [9.17, 15) is 13.6 Å². The van der Waals surface area contributed by atoms with Gasteiger partial charge in [-0.15, -0.1) is 11.8 Å². The van der Waals surface area contributed by atoms with Crippen LogP contribution in [0.1, 0.15) is 16.8 Å². The maximum atomic E-state index is 12.2. The fourth-order valence-electron chi connectivity index (χ4n) is 2.29. The maximum absolute atomic E-state index is 12.2. The summed E-state index contributed by atoms with van der Waals surface area (Å²) in [6, 6.07) is 11.3. The van der Waals surface area contributed by atoms with Gasteiger partial charge < -0.3 is 14.2 Å². The van der Waals surface area contributed by atoms with E-state index in [-0.39, 0.29) is 17.3 Å². The Morgan fingerprint density at radius 2 is 1.80 bits per heavy atom. The Hall–Kier alpha value is -2.28. The van der Waals surface area contributed by atoms with Crippen LogP contribution in [0.2, 0.25) is 0 Å². The molecule has 0 saturated carbocycles. The van der Waals surface area contributed by atoms with Crippen molar-refractivity contribution in [3.8, 4) is 17.2 Å². The third kappa shape index (κ3) is 4.85. The average molecular weight is 366 g/mol. The van der Waals surface area contributed by atoms with Gasteiger partial charge in [-0.2, -0.15) is 8.78 Å². The van der Waals surface area contributed by atoms with Crippen molar-refractivity contribution in [3.63, 3.8) is 0 Å². The predicted octanol–water partition coefficient (Wildman–Crippen LogP) is 4.42. The predicted molar refractivity (Wildman–Crippen MR) is 90.2 cm³/mol. The van der Waals surface area contributed by atoms with Crippen molar-refractivity contribution in [2.24, 2.45) is 0 Å². The van der Waals surface area contributed by atoms with E-state index < -0.39 is 6.61 Å². The van der Waals surface area contributed by atoms with Crippen LogP contribution in [0.5, 0.6) is 17.2 Å². The molecule has 0 unspecified atom stereocenters. The highest BCUT2D eigenvalue weighted by molar-refractivity contribution is 8.00. The Bertz CT molecular complexity index is 734. The summed E-state index contributed by atoms with van der Waals surface area (Å²) >= 11 is 1.38. The summed E-state index contributed by atoms with van der Waals surface area (Å²) < 4.78 is 39.7. The van der Waals surface area contributed by atoms with Crippen LogP contribution in [0.3, 0.4) is 0 Å². The first kappa shape index (κ1) is 17.5. The molecule has 4 nitrogen and oxygen atoms in total.